The van der Waals surface area contributed by atoms with Crippen molar-refractivity contribution < 1.29 is 27.4 Å². The topological polar surface area (TPSA) is 94.2 Å². The molecular weight excluding hydrogens is 420 g/mol. The number of carbonyl (C=O) groups is 1. The van der Waals surface area contributed by atoms with E-state index in [1.165, 1.54) is 4.31 Å². The minimum atomic E-state index is -3.53. The molecule has 8 nitrogen and oxygen atoms in total. The van der Waals surface area contributed by atoms with Crippen LogP contribution in [0.3, 0.4) is 0 Å². The summed E-state index contributed by atoms with van der Waals surface area (Å²) < 4.78 is 43.1. The quantitative estimate of drug-likeness (QED) is 0.630. The van der Waals surface area contributed by atoms with Crippen molar-refractivity contribution in [3.05, 3.63) is 53.1 Å². The highest BCUT2D eigenvalue weighted by Gasteiger charge is 2.27. The molecule has 1 amide bonds. The van der Waals surface area contributed by atoms with Gasteiger partial charge < -0.3 is 19.5 Å². The smallest absolute Gasteiger partial charge is 0.257 e. The summed E-state index contributed by atoms with van der Waals surface area (Å²) >= 11 is 0. The second-order valence-corrected chi connectivity index (χ2v) is 9.37. The SMILES string of the molecule is COc1cc2c(cc1OC)CN(S(=O)(=O)CCNC(=O)COc1ccccc1C)CC2. The van der Waals surface area contributed by atoms with Crippen molar-refractivity contribution in [1.29, 1.82) is 0 Å². The second kappa shape index (κ2) is 10.0. The number of sulfonamides is 1. The molecule has 0 spiro atoms. The third-order valence-corrected chi connectivity index (χ3v) is 7.03. The lowest BCUT2D eigenvalue weighted by Crippen LogP contribution is -2.41. The van der Waals surface area contributed by atoms with Gasteiger partial charge in [-0.05, 0) is 48.2 Å². The minimum Gasteiger partial charge on any atom is -0.493 e. The summed E-state index contributed by atoms with van der Waals surface area (Å²) in [6.07, 6.45) is 0.589. The van der Waals surface area contributed by atoms with Crippen LogP contribution in [0.1, 0.15) is 16.7 Å². The molecule has 168 valence electrons. The first-order valence-corrected chi connectivity index (χ1v) is 11.6. The average Bonchev–Trinajstić information content (AvgIpc) is 2.77. The molecule has 0 fully saturated rings. The van der Waals surface area contributed by atoms with Crippen molar-refractivity contribution in [2.75, 3.05) is 39.7 Å². The summed E-state index contributed by atoms with van der Waals surface area (Å²) in [5.74, 6) is 1.30. The van der Waals surface area contributed by atoms with Gasteiger partial charge in [-0.2, -0.15) is 4.31 Å². The lowest BCUT2D eigenvalue weighted by atomic mass is 10.0. The Kier molecular flexibility index (Phi) is 7.40. The summed E-state index contributed by atoms with van der Waals surface area (Å²) in [5.41, 5.74) is 2.87. The number of benzene rings is 2. The molecule has 1 aliphatic rings. The van der Waals surface area contributed by atoms with Gasteiger partial charge in [0, 0.05) is 19.6 Å². The van der Waals surface area contributed by atoms with E-state index >= 15 is 0 Å². The van der Waals surface area contributed by atoms with Crippen LogP contribution < -0.4 is 19.5 Å². The molecule has 31 heavy (non-hydrogen) atoms. The Labute approximate surface area is 183 Å². The van der Waals surface area contributed by atoms with E-state index in [2.05, 4.69) is 5.32 Å². The third kappa shape index (κ3) is 5.68. The van der Waals surface area contributed by atoms with Gasteiger partial charge in [-0.25, -0.2) is 8.42 Å². The number of rotatable bonds is 9. The first-order valence-electron chi connectivity index (χ1n) is 10.0. The zero-order valence-electron chi connectivity index (χ0n) is 18.0. The van der Waals surface area contributed by atoms with Gasteiger partial charge in [-0.3, -0.25) is 4.79 Å². The van der Waals surface area contributed by atoms with Crippen LogP contribution >= 0.6 is 0 Å². The van der Waals surface area contributed by atoms with Gasteiger partial charge in [-0.15, -0.1) is 0 Å². The molecule has 0 radical (unpaired) electrons. The molecule has 3 rings (SSSR count). The predicted octanol–water partition coefficient (Wildman–Crippen LogP) is 1.90. The number of amides is 1. The highest BCUT2D eigenvalue weighted by molar-refractivity contribution is 7.89. The van der Waals surface area contributed by atoms with Crippen molar-refractivity contribution in [3.63, 3.8) is 0 Å². The number of nitrogens with zero attached hydrogens (tertiary/aromatic N) is 1. The minimum absolute atomic E-state index is 0.0214. The Hall–Kier alpha value is -2.78. The number of hydrogen-bond acceptors (Lipinski definition) is 6. The molecule has 1 heterocycles. The van der Waals surface area contributed by atoms with E-state index in [1.54, 1.807) is 20.3 Å². The van der Waals surface area contributed by atoms with Crippen molar-refractivity contribution in [2.24, 2.45) is 0 Å². The predicted molar refractivity (Wildman–Crippen MR) is 117 cm³/mol. The summed E-state index contributed by atoms with van der Waals surface area (Å²) in [6.45, 7) is 2.40. The Morgan fingerprint density at radius 3 is 2.42 bits per heavy atom. The van der Waals surface area contributed by atoms with E-state index in [0.29, 0.717) is 30.2 Å². The molecule has 1 aliphatic heterocycles. The van der Waals surface area contributed by atoms with Gasteiger partial charge in [0.2, 0.25) is 10.0 Å². The first kappa shape index (κ1) is 22.9. The molecule has 0 bridgehead atoms. The highest BCUT2D eigenvalue weighted by Crippen LogP contribution is 2.33. The van der Waals surface area contributed by atoms with Crippen molar-refractivity contribution in [3.8, 4) is 17.2 Å². The highest BCUT2D eigenvalue weighted by atomic mass is 32.2. The maximum Gasteiger partial charge on any atom is 0.257 e. The molecule has 0 aromatic heterocycles. The van der Waals surface area contributed by atoms with E-state index < -0.39 is 10.0 Å². The molecule has 0 saturated carbocycles. The van der Waals surface area contributed by atoms with Crippen molar-refractivity contribution in [2.45, 2.75) is 19.9 Å². The van der Waals surface area contributed by atoms with E-state index in [0.717, 1.165) is 16.7 Å². The molecule has 2 aromatic rings. The van der Waals surface area contributed by atoms with Crippen LogP contribution in [0, 0.1) is 6.92 Å². The maximum atomic E-state index is 12.8. The number of aryl methyl sites for hydroxylation is 1. The maximum absolute atomic E-state index is 12.8. The van der Waals surface area contributed by atoms with E-state index in [4.69, 9.17) is 14.2 Å². The molecule has 0 aliphatic carbocycles. The first-order chi connectivity index (χ1) is 14.8. The van der Waals surface area contributed by atoms with Crippen molar-refractivity contribution in [1.82, 2.24) is 9.62 Å². The Balaban J connectivity index is 1.52. The number of methoxy groups -OCH3 is 2. The fraction of sp³-hybridized carbons (Fsp3) is 0.409. The Bertz CT molecular complexity index is 1040. The van der Waals surface area contributed by atoms with Crippen LogP contribution in [0.4, 0.5) is 0 Å². The monoisotopic (exact) mass is 448 g/mol. The van der Waals surface area contributed by atoms with Gasteiger partial charge in [-0.1, -0.05) is 18.2 Å². The number of para-hydroxylation sites is 1. The van der Waals surface area contributed by atoms with Crippen LogP contribution in [0.25, 0.3) is 0 Å². The van der Waals surface area contributed by atoms with E-state index in [1.807, 2.05) is 37.3 Å². The molecule has 0 unspecified atom stereocenters. The fourth-order valence-electron chi connectivity index (χ4n) is 3.46. The third-order valence-electron chi connectivity index (χ3n) is 5.21. The van der Waals surface area contributed by atoms with Gasteiger partial charge in [0.15, 0.2) is 18.1 Å². The lowest BCUT2D eigenvalue weighted by molar-refractivity contribution is -0.122. The Morgan fingerprint density at radius 1 is 1.06 bits per heavy atom. The average molecular weight is 449 g/mol. The van der Waals surface area contributed by atoms with Crippen LogP contribution in [-0.2, 0) is 27.8 Å². The molecule has 1 N–H and O–H groups in total. The summed E-state index contributed by atoms with van der Waals surface area (Å²) in [5, 5.41) is 2.61. The van der Waals surface area contributed by atoms with Gasteiger partial charge in [0.25, 0.3) is 5.91 Å². The number of nitrogens with one attached hydrogen (secondary N) is 1. The van der Waals surface area contributed by atoms with Crippen LogP contribution in [0.5, 0.6) is 17.2 Å². The second-order valence-electron chi connectivity index (χ2n) is 7.28. The van der Waals surface area contributed by atoms with Crippen LogP contribution in [0.2, 0.25) is 0 Å². The van der Waals surface area contributed by atoms with Gasteiger partial charge in [0.05, 0.1) is 20.0 Å². The molecule has 0 saturated heterocycles. The normalized spacial score (nSPS) is 13.9. The summed E-state index contributed by atoms with van der Waals surface area (Å²) in [4.78, 5) is 12.0. The van der Waals surface area contributed by atoms with Crippen molar-refractivity contribution >= 4 is 15.9 Å². The zero-order valence-corrected chi connectivity index (χ0v) is 18.8. The largest absolute Gasteiger partial charge is 0.493 e. The molecule has 0 atom stereocenters. The summed E-state index contributed by atoms with van der Waals surface area (Å²) in [7, 11) is -0.403. The standard InChI is InChI=1S/C22H28N2O6S/c1-16-6-4-5-7-19(16)30-15-22(25)23-9-11-31(26,27)24-10-8-17-12-20(28-2)21(29-3)13-18(17)14-24/h4-7,12-13H,8-11,14-15H2,1-3H3,(H,23,25). The number of carbonyl (C=O) groups excluding carboxylic acids is 1. The summed E-state index contributed by atoms with van der Waals surface area (Å²) in [6, 6.07) is 11.1. The Morgan fingerprint density at radius 2 is 1.74 bits per heavy atom. The molecule has 2 aromatic carbocycles. The lowest BCUT2D eigenvalue weighted by Gasteiger charge is -2.29. The van der Waals surface area contributed by atoms with Gasteiger partial charge >= 0.3 is 0 Å². The number of hydrogen-bond donors (Lipinski definition) is 1. The van der Waals surface area contributed by atoms with Crippen LogP contribution in [0.15, 0.2) is 36.4 Å². The zero-order chi connectivity index (χ0) is 22.4. The molecule has 9 heteroatoms. The van der Waals surface area contributed by atoms with Crippen LogP contribution in [-0.4, -0.2) is 58.3 Å². The number of fused-ring (bicyclic) bond motifs is 1. The van der Waals surface area contributed by atoms with E-state index in [-0.39, 0.29) is 31.4 Å². The number of ether oxygens (including phenoxy) is 3. The van der Waals surface area contributed by atoms with Gasteiger partial charge in [0.1, 0.15) is 5.75 Å². The van der Waals surface area contributed by atoms with E-state index in [9.17, 15) is 13.2 Å². The molecular formula is C22H28N2O6S. The fourth-order valence-corrected chi connectivity index (χ4v) is 4.78.